The van der Waals surface area contributed by atoms with Gasteiger partial charge in [0.15, 0.2) is 0 Å². The largest absolute Gasteiger partial charge is 0.258 e. The number of hydrogen-bond acceptors (Lipinski definition) is 2. The van der Waals surface area contributed by atoms with Crippen molar-refractivity contribution in [3.05, 3.63) is 59.7 Å². The van der Waals surface area contributed by atoms with E-state index >= 15 is 0 Å². The first-order valence-corrected chi connectivity index (χ1v) is 6.92. The number of H-pyrrole nitrogens is 1. The van der Waals surface area contributed by atoms with Crippen LogP contribution in [0.3, 0.4) is 0 Å². The molecule has 1 atom stereocenters. The smallest absolute Gasteiger partial charge is 0.116 e. The highest BCUT2D eigenvalue weighted by Crippen LogP contribution is 2.42. The van der Waals surface area contributed by atoms with E-state index in [4.69, 9.17) is 0 Å². The number of nitrogens with one attached hydrogen (secondary N) is 1. The third-order valence-corrected chi connectivity index (χ3v) is 3.70. The third-order valence-electron chi connectivity index (χ3n) is 3.70. The molecule has 3 heteroatoms. The lowest BCUT2D eigenvalue weighted by Gasteiger charge is -2.31. The van der Waals surface area contributed by atoms with E-state index in [2.05, 4.69) is 78.6 Å². The molecular weight excluding hydrogens is 246 g/mol. The second-order valence-electron chi connectivity index (χ2n) is 6.26. The maximum absolute atomic E-state index is 4.27. The molecule has 0 saturated heterocycles. The van der Waals surface area contributed by atoms with Gasteiger partial charge >= 0.3 is 0 Å². The van der Waals surface area contributed by atoms with Gasteiger partial charge in [-0.05, 0) is 22.6 Å². The Morgan fingerprint density at radius 3 is 2.40 bits per heavy atom. The van der Waals surface area contributed by atoms with Crippen LogP contribution in [0.15, 0.2) is 48.5 Å². The van der Waals surface area contributed by atoms with Gasteiger partial charge in [0, 0.05) is 5.92 Å². The normalized spacial score (nSPS) is 13.6. The first-order chi connectivity index (χ1) is 9.57. The van der Waals surface area contributed by atoms with E-state index in [0.29, 0.717) is 0 Å². The van der Waals surface area contributed by atoms with Crippen LogP contribution in [0, 0.1) is 5.41 Å². The Balaban J connectivity index is 2.23. The van der Waals surface area contributed by atoms with E-state index in [9.17, 15) is 0 Å². The van der Waals surface area contributed by atoms with Crippen LogP contribution in [0.2, 0.25) is 0 Å². The molecule has 3 rings (SSSR count). The minimum atomic E-state index is 0.106. The number of nitrogens with zero attached hydrogens (tertiary/aromatic N) is 2. The van der Waals surface area contributed by atoms with Gasteiger partial charge < -0.3 is 0 Å². The van der Waals surface area contributed by atoms with Gasteiger partial charge in [-0.3, -0.25) is 5.10 Å². The summed E-state index contributed by atoms with van der Waals surface area (Å²) in [5.41, 5.74) is 4.61. The summed E-state index contributed by atoms with van der Waals surface area (Å²) in [6, 6.07) is 16.9. The summed E-state index contributed by atoms with van der Waals surface area (Å²) in [7, 11) is 0. The molecule has 0 aliphatic heterocycles. The van der Waals surface area contributed by atoms with Crippen molar-refractivity contribution in [3.8, 4) is 0 Å². The quantitative estimate of drug-likeness (QED) is 0.756. The number of benzene rings is 2. The molecule has 3 nitrogen and oxygen atoms in total. The van der Waals surface area contributed by atoms with Crippen LogP contribution >= 0.6 is 0 Å². The van der Waals surface area contributed by atoms with Crippen LogP contribution in [0.1, 0.15) is 37.8 Å². The standard InChI is InChI=1S/C17H19N3/c1-17(2,3)15(12-8-5-4-6-9-12)13-10-7-11-14-16(13)19-20-18-14/h4-11,15H,1-3H3,(H,18,19,20). The Morgan fingerprint density at radius 2 is 1.70 bits per heavy atom. The Bertz CT molecular complexity index is 708. The second-order valence-corrected chi connectivity index (χ2v) is 6.26. The summed E-state index contributed by atoms with van der Waals surface area (Å²) in [6.07, 6.45) is 0. The van der Waals surface area contributed by atoms with Crippen LogP contribution < -0.4 is 0 Å². The van der Waals surface area contributed by atoms with Crippen molar-refractivity contribution in [2.75, 3.05) is 0 Å². The third kappa shape index (κ3) is 2.20. The van der Waals surface area contributed by atoms with E-state index in [1.165, 1.54) is 11.1 Å². The molecular formula is C17H19N3. The Labute approximate surface area is 119 Å². The minimum absolute atomic E-state index is 0.106. The van der Waals surface area contributed by atoms with Crippen molar-refractivity contribution >= 4 is 11.0 Å². The summed E-state index contributed by atoms with van der Waals surface area (Å²) in [4.78, 5) is 0. The van der Waals surface area contributed by atoms with E-state index in [-0.39, 0.29) is 11.3 Å². The predicted octanol–water partition coefficient (Wildman–Crippen LogP) is 4.14. The fourth-order valence-corrected chi connectivity index (χ4v) is 2.92. The average Bonchev–Trinajstić information content (AvgIpc) is 2.88. The van der Waals surface area contributed by atoms with Gasteiger partial charge in [-0.2, -0.15) is 0 Å². The fourth-order valence-electron chi connectivity index (χ4n) is 2.92. The maximum atomic E-state index is 4.27. The molecule has 0 aliphatic rings. The summed E-state index contributed by atoms with van der Waals surface area (Å²) in [6.45, 7) is 6.80. The van der Waals surface area contributed by atoms with E-state index < -0.39 is 0 Å². The van der Waals surface area contributed by atoms with Crippen LogP contribution in [-0.2, 0) is 0 Å². The molecule has 1 N–H and O–H groups in total. The van der Waals surface area contributed by atoms with Gasteiger partial charge in [-0.1, -0.05) is 68.4 Å². The molecule has 0 spiro atoms. The number of rotatable bonds is 2. The molecule has 0 radical (unpaired) electrons. The number of aromatic nitrogens is 3. The molecule has 1 aromatic heterocycles. The van der Waals surface area contributed by atoms with Crippen LogP contribution in [0.4, 0.5) is 0 Å². The second kappa shape index (κ2) is 4.75. The Kier molecular flexibility index (Phi) is 3.05. The van der Waals surface area contributed by atoms with Crippen molar-refractivity contribution in [2.24, 2.45) is 5.41 Å². The summed E-state index contributed by atoms with van der Waals surface area (Å²) < 4.78 is 0. The maximum Gasteiger partial charge on any atom is 0.116 e. The van der Waals surface area contributed by atoms with Crippen molar-refractivity contribution < 1.29 is 0 Å². The first kappa shape index (κ1) is 12.9. The van der Waals surface area contributed by atoms with E-state index in [0.717, 1.165) is 11.0 Å². The summed E-state index contributed by atoms with van der Waals surface area (Å²) >= 11 is 0. The van der Waals surface area contributed by atoms with E-state index in [1.54, 1.807) is 0 Å². The highest BCUT2D eigenvalue weighted by Gasteiger charge is 2.29. The van der Waals surface area contributed by atoms with Gasteiger partial charge in [0.2, 0.25) is 0 Å². The SMILES string of the molecule is CC(C)(C)C(c1ccccc1)c1cccc2[nH]nnc12. The molecule has 0 saturated carbocycles. The monoisotopic (exact) mass is 265 g/mol. The molecule has 0 fully saturated rings. The molecule has 3 aromatic rings. The zero-order valence-electron chi connectivity index (χ0n) is 12.1. The number of aromatic amines is 1. The highest BCUT2D eigenvalue weighted by atomic mass is 15.3. The average molecular weight is 265 g/mol. The Hall–Kier alpha value is -2.16. The van der Waals surface area contributed by atoms with Crippen molar-refractivity contribution in [1.29, 1.82) is 0 Å². The number of fused-ring (bicyclic) bond motifs is 1. The van der Waals surface area contributed by atoms with Crippen molar-refractivity contribution in [1.82, 2.24) is 15.4 Å². The van der Waals surface area contributed by atoms with Gasteiger partial charge in [-0.15, -0.1) is 5.10 Å². The molecule has 0 bridgehead atoms. The lowest BCUT2D eigenvalue weighted by molar-refractivity contribution is 0.360. The minimum Gasteiger partial charge on any atom is -0.258 e. The Morgan fingerprint density at radius 1 is 0.950 bits per heavy atom. The molecule has 0 amide bonds. The highest BCUT2D eigenvalue weighted by molar-refractivity contribution is 5.78. The van der Waals surface area contributed by atoms with Gasteiger partial charge in [0.25, 0.3) is 0 Å². The zero-order chi connectivity index (χ0) is 14.2. The summed E-state index contributed by atoms with van der Waals surface area (Å²) in [5.74, 6) is 0.289. The van der Waals surface area contributed by atoms with Gasteiger partial charge in [-0.25, -0.2) is 0 Å². The topological polar surface area (TPSA) is 41.6 Å². The lowest BCUT2D eigenvalue weighted by Crippen LogP contribution is -2.20. The molecule has 102 valence electrons. The molecule has 1 unspecified atom stereocenters. The lowest BCUT2D eigenvalue weighted by atomic mass is 9.72. The molecule has 1 heterocycles. The van der Waals surface area contributed by atoms with Crippen LogP contribution in [0.5, 0.6) is 0 Å². The van der Waals surface area contributed by atoms with E-state index in [1.807, 2.05) is 6.07 Å². The predicted molar refractivity (Wildman–Crippen MR) is 81.6 cm³/mol. The summed E-state index contributed by atoms with van der Waals surface area (Å²) in [5, 5.41) is 11.2. The first-order valence-electron chi connectivity index (χ1n) is 6.92. The van der Waals surface area contributed by atoms with Crippen molar-refractivity contribution in [3.63, 3.8) is 0 Å². The molecule has 20 heavy (non-hydrogen) atoms. The van der Waals surface area contributed by atoms with Crippen molar-refractivity contribution in [2.45, 2.75) is 26.7 Å². The van der Waals surface area contributed by atoms with Crippen LogP contribution in [0.25, 0.3) is 11.0 Å². The van der Waals surface area contributed by atoms with Gasteiger partial charge in [0.1, 0.15) is 5.52 Å². The molecule has 0 aliphatic carbocycles. The zero-order valence-corrected chi connectivity index (χ0v) is 12.1. The van der Waals surface area contributed by atoms with Gasteiger partial charge in [0.05, 0.1) is 5.52 Å². The van der Waals surface area contributed by atoms with Crippen LogP contribution in [-0.4, -0.2) is 15.4 Å². The fraction of sp³-hybridized carbons (Fsp3) is 0.294. The number of hydrogen-bond donors (Lipinski definition) is 1. The molecule has 2 aromatic carbocycles.